The van der Waals surface area contributed by atoms with Gasteiger partial charge in [-0.25, -0.2) is 9.18 Å². The maximum atomic E-state index is 12.9. The van der Waals surface area contributed by atoms with Crippen molar-refractivity contribution >= 4 is 11.9 Å². The van der Waals surface area contributed by atoms with Crippen LogP contribution in [0.1, 0.15) is 32.6 Å². The summed E-state index contributed by atoms with van der Waals surface area (Å²) in [4.78, 5) is 27.2. The first kappa shape index (κ1) is 18.6. The van der Waals surface area contributed by atoms with Crippen LogP contribution in [0, 0.1) is 11.7 Å². The van der Waals surface area contributed by atoms with Crippen LogP contribution in [0.5, 0.6) is 0 Å². The molecule has 1 aromatic carbocycles. The van der Waals surface area contributed by atoms with E-state index in [0.717, 1.165) is 0 Å². The predicted octanol–water partition coefficient (Wildman–Crippen LogP) is 2.42. The van der Waals surface area contributed by atoms with Crippen molar-refractivity contribution in [3.05, 3.63) is 36.0 Å². The first-order chi connectivity index (χ1) is 11.8. The quantitative estimate of drug-likeness (QED) is 0.758. The largest absolute Gasteiger partial charge is 0.480 e. The molecule has 2 N–H and O–H groups in total. The van der Waals surface area contributed by atoms with E-state index in [9.17, 15) is 14.0 Å². The molecule has 25 heavy (non-hydrogen) atoms. The van der Waals surface area contributed by atoms with Gasteiger partial charge in [0.05, 0.1) is 0 Å². The van der Waals surface area contributed by atoms with Gasteiger partial charge in [0, 0.05) is 18.4 Å². The van der Waals surface area contributed by atoms with Gasteiger partial charge in [0.1, 0.15) is 11.9 Å². The molecule has 2 aromatic rings. The Hall–Kier alpha value is -2.77. The number of amides is 1. The van der Waals surface area contributed by atoms with E-state index in [-0.39, 0.29) is 30.5 Å². The van der Waals surface area contributed by atoms with Crippen LogP contribution in [0.4, 0.5) is 4.39 Å². The Morgan fingerprint density at radius 3 is 2.56 bits per heavy atom. The molecule has 134 valence electrons. The van der Waals surface area contributed by atoms with Crippen LogP contribution in [0.2, 0.25) is 0 Å². The van der Waals surface area contributed by atoms with Crippen molar-refractivity contribution in [3.63, 3.8) is 0 Å². The molecule has 0 bridgehead atoms. The highest BCUT2D eigenvalue weighted by Crippen LogP contribution is 2.16. The number of rotatable bonds is 8. The number of carboxylic acids is 1. The van der Waals surface area contributed by atoms with Crippen molar-refractivity contribution in [2.75, 3.05) is 0 Å². The minimum atomic E-state index is -1.06. The number of hydrogen-bond acceptors (Lipinski definition) is 5. The Bertz CT molecular complexity index is 728. The van der Waals surface area contributed by atoms with Crippen LogP contribution in [0.25, 0.3) is 11.4 Å². The lowest BCUT2D eigenvalue weighted by molar-refractivity contribution is -0.142. The Kier molecular flexibility index (Phi) is 6.21. The van der Waals surface area contributed by atoms with E-state index in [2.05, 4.69) is 15.5 Å². The molecule has 1 atom stereocenters. The molecule has 0 fully saturated rings. The first-order valence-corrected chi connectivity index (χ1v) is 7.96. The normalized spacial score (nSPS) is 12.2. The number of benzene rings is 1. The summed E-state index contributed by atoms with van der Waals surface area (Å²) in [7, 11) is 0. The minimum Gasteiger partial charge on any atom is -0.480 e. The SMILES string of the molecule is CC(C)C[C@H](NC(=O)CCc1nc(-c2ccc(F)cc2)no1)C(=O)O. The first-order valence-electron chi connectivity index (χ1n) is 7.96. The highest BCUT2D eigenvalue weighted by molar-refractivity contribution is 5.83. The zero-order chi connectivity index (χ0) is 18.4. The molecule has 1 amide bonds. The number of carbonyl (C=O) groups excluding carboxylic acids is 1. The zero-order valence-electron chi connectivity index (χ0n) is 14.0. The third kappa shape index (κ3) is 5.66. The molecule has 1 heterocycles. The number of aliphatic carboxylic acids is 1. The molecule has 0 aliphatic rings. The molecule has 7 nitrogen and oxygen atoms in total. The van der Waals surface area contributed by atoms with Crippen LogP contribution in [0.15, 0.2) is 28.8 Å². The summed E-state index contributed by atoms with van der Waals surface area (Å²) in [5.41, 5.74) is 0.601. The number of hydrogen-bond donors (Lipinski definition) is 2. The van der Waals surface area contributed by atoms with E-state index >= 15 is 0 Å². The molecule has 0 unspecified atom stereocenters. The van der Waals surface area contributed by atoms with Crippen molar-refractivity contribution < 1.29 is 23.6 Å². The number of carboxylic acid groups (broad SMARTS) is 1. The second kappa shape index (κ2) is 8.36. The molecule has 1 aromatic heterocycles. The average Bonchev–Trinajstić information content (AvgIpc) is 3.01. The smallest absolute Gasteiger partial charge is 0.326 e. The van der Waals surface area contributed by atoms with Gasteiger partial charge in [-0.2, -0.15) is 4.98 Å². The molecule has 0 aliphatic heterocycles. The molecule has 8 heteroatoms. The Morgan fingerprint density at radius 2 is 1.96 bits per heavy atom. The predicted molar refractivity (Wildman–Crippen MR) is 87.0 cm³/mol. The number of nitrogens with one attached hydrogen (secondary N) is 1. The standard InChI is InChI=1S/C17H20FN3O4/c1-10(2)9-13(17(23)24)19-14(22)7-8-15-20-16(21-25-15)11-3-5-12(18)6-4-11/h3-6,10,13H,7-9H2,1-2H3,(H,19,22)(H,23,24)/t13-/m0/s1. The van der Waals surface area contributed by atoms with Crippen LogP contribution in [-0.2, 0) is 16.0 Å². The monoisotopic (exact) mass is 349 g/mol. The number of halogens is 1. The van der Waals surface area contributed by atoms with Crippen molar-refractivity contribution in [2.24, 2.45) is 5.92 Å². The number of nitrogens with zero attached hydrogens (tertiary/aromatic N) is 2. The molecule has 0 spiro atoms. The van der Waals surface area contributed by atoms with Gasteiger partial charge in [0.2, 0.25) is 17.6 Å². The summed E-state index contributed by atoms with van der Waals surface area (Å²) in [6.45, 7) is 3.77. The van der Waals surface area contributed by atoms with Crippen molar-refractivity contribution in [1.29, 1.82) is 0 Å². The second-order valence-electron chi connectivity index (χ2n) is 6.11. The second-order valence-corrected chi connectivity index (χ2v) is 6.11. The molecule has 2 rings (SSSR count). The highest BCUT2D eigenvalue weighted by Gasteiger charge is 2.21. The Balaban J connectivity index is 1.89. The molecule has 0 saturated carbocycles. The van der Waals surface area contributed by atoms with Gasteiger partial charge >= 0.3 is 5.97 Å². The summed E-state index contributed by atoms with van der Waals surface area (Å²) >= 11 is 0. The third-order valence-electron chi connectivity index (χ3n) is 3.48. The topological polar surface area (TPSA) is 105 Å². The fourth-order valence-corrected chi connectivity index (χ4v) is 2.25. The Labute approximate surface area is 144 Å². The average molecular weight is 349 g/mol. The van der Waals surface area contributed by atoms with Gasteiger partial charge in [0.25, 0.3) is 0 Å². The van der Waals surface area contributed by atoms with Gasteiger partial charge < -0.3 is 14.9 Å². The van der Waals surface area contributed by atoms with Crippen molar-refractivity contribution in [3.8, 4) is 11.4 Å². The summed E-state index contributed by atoms with van der Waals surface area (Å²) in [6, 6.07) is 4.73. The summed E-state index contributed by atoms with van der Waals surface area (Å²) in [5, 5.41) is 15.4. The van der Waals surface area contributed by atoms with Gasteiger partial charge in [-0.1, -0.05) is 19.0 Å². The summed E-state index contributed by atoms with van der Waals surface area (Å²) in [6.07, 6.45) is 0.581. The van der Waals surface area contributed by atoms with E-state index in [1.807, 2.05) is 13.8 Å². The molecular weight excluding hydrogens is 329 g/mol. The lowest BCUT2D eigenvalue weighted by atomic mass is 10.0. The van der Waals surface area contributed by atoms with Crippen LogP contribution < -0.4 is 5.32 Å². The zero-order valence-corrected chi connectivity index (χ0v) is 14.0. The lowest BCUT2D eigenvalue weighted by Gasteiger charge is -2.16. The van der Waals surface area contributed by atoms with Crippen molar-refractivity contribution in [1.82, 2.24) is 15.5 Å². The number of aryl methyl sites for hydroxylation is 1. The maximum absolute atomic E-state index is 12.9. The summed E-state index contributed by atoms with van der Waals surface area (Å²) < 4.78 is 18.0. The van der Waals surface area contributed by atoms with Crippen LogP contribution in [-0.4, -0.2) is 33.2 Å². The minimum absolute atomic E-state index is 0.0346. The van der Waals surface area contributed by atoms with Crippen LogP contribution in [0.3, 0.4) is 0 Å². The molecular formula is C17H20FN3O4. The fraction of sp³-hybridized carbons (Fsp3) is 0.412. The number of aromatic nitrogens is 2. The molecule has 0 saturated heterocycles. The maximum Gasteiger partial charge on any atom is 0.326 e. The van der Waals surface area contributed by atoms with E-state index in [4.69, 9.17) is 9.63 Å². The van der Waals surface area contributed by atoms with Gasteiger partial charge in [-0.15, -0.1) is 0 Å². The fourth-order valence-electron chi connectivity index (χ4n) is 2.25. The summed E-state index contributed by atoms with van der Waals surface area (Å²) in [5.74, 6) is -1.11. The highest BCUT2D eigenvalue weighted by atomic mass is 19.1. The van der Waals surface area contributed by atoms with E-state index in [1.54, 1.807) is 0 Å². The van der Waals surface area contributed by atoms with E-state index in [1.165, 1.54) is 24.3 Å². The van der Waals surface area contributed by atoms with Crippen LogP contribution >= 0.6 is 0 Å². The van der Waals surface area contributed by atoms with Gasteiger partial charge in [-0.05, 0) is 36.6 Å². The van der Waals surface area contributed by atoms with Gasteiger partial charge in [-0.3, -0.25) is 4.79 Å². The number of carbonyl (C=O) groups is 2. The molecule has 0 aliphatic carbocycles. The lowest BCUT2D eigenvalue weighted by Crippen LogP contribution is -2.41. The Morgan fingerprint density at radius 1 is 1.28 bits per heavy atom. The molecule has 0 radical (unpaired) electrons. The van der Waals surface area contributed by atoms with E-state index in [0.29, 0.717) is 17.8 Å². The van der Waals surface area contributed by atoms with E-state index < -0.39 is 17.9 Å². The third-order valence-corrected chi connectivity index (χ3v) is 3.48. The van der Waals surface area contributed by atoms with Crippen molar-refractivity contribution in [2.45, 2.75) is 39.2 Å². The van der Waals surface area contributed by atoms with Gasteiger partial charge in [0.15, 0.2) is 0 Å².